The Hall–Kier alpha value is -1.61. The molecule has 0 aromatic heterocycles. The van der Waals surface area contributed by atoms with Crippen LogP contribution in [-0.4, -0.2) is 5.91 Å². The van der Waals surface area contributed by atoms with E-state index < -0.39 is 5.54 Å². The highest BCUT2D eigenvalue weighted by Crippen LogP contribution is 2.35. The molecule has 1 amide bonds. The minimum Gasteiger partial charge on any atom is -0.324 e. The summed E-state index contributed by atoms with van der Waals surface area (Å²) in [4.78, 5) is 11.7. The fourth-order valence-corrected chi connectivity index (χ4v) is 1.77. The number of benzene rings is 1. The molecule has 0 bridgehead atoms. The van der Waals surface area contributed by atoms with Crippen LogP contribution in [0, 0.1) is 0 Å². The van der Waals surface area contributed by atoms with Crippen LogP contribution in [0.15, 0.2) is 36.9 Å². The molecule has 0 aliphatic carbocycles. The number of carbonyl (C=O) groups is 1. The average molecular weight is 188 g/mol. The molecule has 0 saturated carbocycles. The molecule has 2 rings (SSSR count). The largest absolute Gasteiger partial charge is 0.324 e. The summed E-state index contributed by atoms with van der Waals surface area (Å²) in [5, 5.41) is 2.76. The molecule has 1 aromatic carbocycles. The van der Waals surface area contributed by atoms with Gasteiger partial charge < -0.3 is 11.1 Å². The Kier molecular flexibility index (Phi) is 1.89. The number of nitrogens with two attached hydrogens (primary N) is 1. The van der Waals surface area contributed by atoms with Crippen molar-refractivity contribution in [3.05, 3.63) is 42.5 Å². The zero-order chi connectivity index (χ0) is 10.2. The molecule has 0 radical (unpaired) electrons. The van der Waals surface area contributed by atoms with E-state index in [-0.39, 0.29) is 5.91 Å². The zero-order valence-electron chi connectivity index (χ0n) is 7.79. The lowest BCUT2D eigenvalue weighted by atomic mass is 9.89. The van der Waals surface area contributed by atoms with Gasteiger partial charge in [-0.2, -0.15) is 0 Å². The second-order valence-electron chi connectivity index (χ2n) is 3.46. The third kappa shape index (κ3) is 1.06. The lowest BCUT2D eigenvalue weighted by Crippen LogP contribution is -2.42. The molecular formula is C11H12N2O. The number of anilines is 1. The van der Waals surface area contributed by atoms with Crippen molar-refractivity contribution in [2.75, 3.05) is 5.32 Å². The molecule has 14 heavy (non-hydrogen) atoms. The van der Waals surface area contributed by atoms with E-state index in [0.717, 1.165) is 11.3 Å². The molecule has 1 aliphatic rings. The van der Waals surface area contributed by atoms with Crippen LogP contribution in [0.5, 0.6) is 0 Å². The fraction of sp³-hybridized carbons (Fsp3) is 0.182. The van der Waals surface area contributed by atoms with Gasteiger partial charge in [-0.15, -0.1) is 6.58 Å². The zero-order valence-corrected chi connectivity index (χ0v) is 7.79. The van der Waals surface area contributed by atoms with Gasteiger partial charge in [-0.1, -0.05) is 24.3 Å². The highest BCUT2D eigenvalue weighted by Gasteiger charge is 2.41. The van der Waals surface area contributed by atoms with Crippen molar-refractivity contribution in [2.45, 2.75) is 12.0 Å². The first-order valence-electron chi connectivity index (χ1n) is 4.49. The predicted octanol–water partition coefficient (Wildman–Crippen LogP) is 1.37. The number of nitrogens with one attached hydrogen (secondary N) is 1. The summed E-state index contributed by atoms with van der Waals surface area (Å²) in [5.74, 6) is -0.154. The molecule has 0 fully saturated rings. The predicted molar refractivity (Wildman–Crippen MR) is 55.8 cm³/mol. The van der Waals surface area contributed by atoms with Crippen molar-refractivity contribution in [3.63, 3.8) is 0 Å². The first kappa shape index (κ1) is 8.97. The standard InChI is InChI=1S/C11H12N2O/c1-2-7-11(12)8-5-3-4-6-9(8)13-10(11)14/h2-6H,1,7,12H2,(H,13,14)/t11-/m0/s1. The Morgan fingerprint density at radius 2 is 2.21 bits per heavy atom. The van der Waals surface area contributed by atoms with E-state index >= 15 is 0 Å². The maximum atomic E-state index is 11.7. The van der Waals surface area contributed by atoms with Gasteiger partial charge in [0, 0.05) is 11.3 Å². The van der Waals surface area contributed by atoms with Gasteiger partial charge in [0.05, 0.1) is 0 Å². The normalized spacial score (nSPS) is 24.2. The van der Waals surface area contributed by atoms with Crippen molar-refractivity contribution in [2.24, 2.45) is 5.73 Å². The summed E-state index contributed by atoms with van der Waals surface area (Å²) in [6, 6.07) is 7.48. The van der Waals surface area contributed by atoms with Gasteiger partial charge >= 0.3 is 0 Å². The topological polar surface area (TPSA) is 55.1 Å². The van der Waals surface area contributed by atoms with E-state index in [0.29, 0.717) is 6.42 Å². The SMILES string of the molecule is C=CC[C@@]1(N)C(=O)Nc2ccccc21. The summed E-state index contributed by atoms with van der Waals surface area (Å²) >= 11 is 0. The molecule has 72 valence electrons. The van der Waals surface area contributed by atoms with Crippen LogP contribution in [-0.2, 0) is 10.3 Å². The lowest BCUT2D eigenvalue weighted by Gasteiger charge is -2.19. The van der Waals surface area contributed by atoms with E-state index in [2.05, 4.69) is 11.9 Å². The number of hydrogen-bond donors (Lipinski definition) is 2. The van der Waals surface area contributed by atoms with E-state index in [1.165, 1.54) is 0 Å². The highest BCUT2D eigenvalue weighted by atomic mass is 16.2. The highest BCUT2D eigenvalue weighted by molar-refractivity contribution is 6.05. The molecule has 1 atom stereocenters. The maximum Gasteiger partial charge on any atom is 0.249 e. The van der Waals surface area contributed by atoms with Crippen molar-refractivity contribution in [3.8, 4) is 0 Å². The molecule has 1 aromatic rings. The first-order chi connectivity index (χ1) is 6.68. The van der Waals surface area contributed by atoms with E-state index in [1.807, 2.05) is 24.3 Å². The Labute approximate surface area is 82.6 Å². The average Bonchev–Trinajstić information content (AvgIpc) is 2.41. The van der Waals surface area contributed by atoms with Crippen LogP contribution in [0.4, 0.5) is 5.69 Å². The Balaban J connectivity index is 2.53. The van der Waals surface area contributed by atoms with Gasteiger partial charge in [-0.25, -0.2) is 0 Å². The van der Waals surface area contributed by atoms with Crippen LogP contribution in [0.3, 0.4) is 0 Å². The monoisotopic (exact) mass is 188 g/mol. The van der Waals surface area contributed by atoms with Gasteiger partial charge in [-0.05, 0) is 12.5 Å². The van der Waals surface area contributed by atoms with Crippen LogP contribution in [0.1, 0.15) is 12.0 Å². The Morgan fingerprint density at radius 1 is 1.50 bits per heavy atom. The lowest BCUT2D eigenvalue weighted by molar-refractivity contribution is -0.120. The van der Waals surface area contributed by atoms with Crippen LogP contribution < -0.4 is 11.1 Å². The minimum atomic E-state index is -0.932. The number of rotatable bonds is 2. The number of carbonyl (C=O) groups excluding carboxylic acids is 1. The summed E-state index contributed by atoms with van der Waals surface area (Å²) in [7, 11) is 0. The first-order valence-corrected chi connectivity index (χ1v) is 4.49. The van der Waals surface area contributed by atoms with Crippen LogP contribution in [0.25, 0.3) is 0 Å². The summed E-state index contributed by atoms with van der Waals surface area (Å²) in [5.41, 5.74) is 6.77. The molecule has 3 N–H and O–H groups in total. The number of para-hydroxylation sites is 1. The van der Waals surface area contributed by atoms with Gasteiger partial charge in [0.2, 0.25) is 5.91 Å². The van der Waals surface area contributed by atoms with E-state index in [4.69, 9.17) is 5.73 Å². The van der Waals surface area contributed by atoms with Gasteiger partial charge in [0.1, 0.15) is 5.54 Å². The van der Waals surface area contributed by atoms with E-state index in [1.54, 1.807) is 6.08 Å². The molecule has 3 heteroatoms. The molecule has 1 heterocycles. The van der Waals surface area contributed by atoms with E-state index in [9.17, 15) is 4.79 Å². The second-order valence-corrected chi connectivity index (χ2v) is 3.46. The molecule has 0 spiro atoms. The molecule has 1 aliphatic heterocycles. The number of amides is 1. The van der Waals surface area contributed by atoms with Crippen LogP contribution >= 0.6 is 0 Å². The van der Waals surface area contributed by atoms with Crippen molar-refractivity contribution in [1.82, 2.24) is 0 Å². The number of hydrogen-bond acceptors (Lipinski definition) is 2. The Morgan fingerprint density at radius 3 is 2.93 bits per heavy atom. The Bertz CT molecular complexity index is 400. The van der Waals surface area contributed by atoms with Crippen molar-refractivity contribution >= 4 is 11.6 Å². The smallest absolute Gasteiger partial charge is 0.249 e. The van der Waals surface area contributed by atoms with Gasteiger partial charge in [0.15, 0.2) is 0 Å². The maximum absolute atomic E-state index is 11.7. The third-order valence-electron chi connectivity index (χ3n) is 2.53. The second kappa shape index (κ2) is 2.96. The third-order valence-corrected chi connectivity index (χ3v) is 2.53. The minimum absolute atomic E-state index is 0.154. The summed E-state index contributed by atoms with van der Waals surface area (Å²) in [6.45, 7) is 3.62. The number of fused-ring (bicyclic) bond motifs is 1. The van der Waals surface area contributed by atoms with Gasteiger partial charge in [-0.3, -0.25) is 4.79 Å². The molecular weight excluding hydrogens is 176 g/mol. The summed E-state index contributed by atoms with van der Waals surface area (Å²) < 4.78 is 0. The van der Waals surface area contributed by atoms with Gasteiger partial charge in [0.25, 0.3) is 0 Å². The van der Waals surface area contributed by atoms with Crippen LogP contribution in [0.2, 0.25) is 0 Å². The summed E-state index contributed by atoms with van der Waals surface area (Å²) in [6.07, 6.45) is 2.12. The molecule has 3 nitrogen and oxygen atoms in total. The fourth-order valence-electron chi connectivity index (χ4n) is 1.77. The molecule has 0 unspecified atom stereocenters. The van der Waals surface area contributed by atoms with Crippen molar-refractivity contribution in [1.29, 1.82) is 0 Å². The van der Waals surface area contributed by atoms with Crippen molar-refractivity contribution < 1.29 is 4.79 Å². The quantitative estimate of drug-likeness (QED) is 0.689. The molecule has 0 saturated heterocycles.